The Morgan fingerprint density at radius 3 is 2.50 bits per heavy atom. The maximum Gasteiger partial charge on any atom is 0.0406 e. The van der Waals surface area contributed by atoms with E-state index in [1.54, 1.807) is 0 Å². The molecule has 2 heteroatoms. The van der Waals surface area contributed by atoms with E-state index in [2.05, 4.69) is 17.4 Å². The molecule has 1 aliphatic rings. The Balaban J connectivity index is 1.91. The number of hydrogen-bond acceptors (Lipinski definition) is 1. The SMILES string of the molecule is CNCC(CCC1CCCC1)c1ccc(Cl)cc1. The van der Waals surface area contributed by atoms with Gasteiger partial charge in [-0.3, -0.25) is 0 Å². The van der Waals surface area contributed by atoms with Crippen molar-refractivity contribution in [1.29, 1.82) is 0 Å². The zero-order chi connectivity index (χ0) is 12.8. The van der Waals surface area contributed by atoms with Gasteiger partial charge in [-0.25, -0.2) is 0 Å². The Labute approximate surface area is 116 Å². The van der Waals surface area contributed by atoms with Crippen LogP contribution in [0.2, 0.25) is 5.02 Å². The molecule has 1 unspecified atom stereocenters. The van der Waals surface area contributed by atoms with E-state index in [0.717, 1.165) is 17.5 Å². The largest absolute Gasteiger partial charge is 0.319 e. The number of benzene rings is 1. The molecule has 1 nitrogen and oxygen atoms in total. The van der Waals surface area contributed by atoms with Crippen LogP contribution < -0.4 is 5.32 Å². The summed E-state index contributed by atoms with van der Waals surface area (Å²) in [7, 11) is 2.04. The molecule has 1 saturated carbocycles. The van der Waals surface area contributed by atoms with Crippen LogP contribution in [0, 0.1) is 5.92 Å². The Hall–Kier alpha value is -0.530. The van der Waals surface area contributed by atoms with Crippen LogP contribution >= 0.6 is 11.6 Å². The standard InChI is InChI=1S/C16H24ClN/c1-18-12-15(7-6-13-4-2-3-5-13)14-8-10-16(17)11-9-14/h8-11,13,15,18H,2-7,12H2,1H3. The maximum absolute atomic E-state index is 5.96. The molecule has 0 bridgehead atoms. The fourth-order valence-corrected chi connectivity index (χ4v) is 3.23. The van der Waals surface area contributed by atoms with E-state index in [0.29, 0.717) is 5.92 Å². The van der Waals surface area contributed by atoms with Gasteiger partial charge in [0.2, 0.25) is 0 Å². The number of rotatable bonds is 6. The van der Waals surface area contributed by atoms with Gasteiger partial charge in [0.25, 0.3) is 0 Å². The molecule has 1 aromatic carbocycles. The summed E-state index contributed by atoms with van der Waals surface area (Å²) in [4.78, 5) is 0. The Bertz CT molecular complexity index is 341. The van der Waals surface area contributed by atoms with Crippen LogP contribution in [0.15, 0.2) is 24.3 Å². The first kappa shape index (κ1) is 13.9. The van der Waals surface area contributed by atoms with Crippen molar-refractivity contribution in [3.05, 3.63) is 34.9 Å². The number of hydrogen-bond donors (Lipinski definition) is 1. The summed E-state index contributed by atoms with van der Waals surface area (Å²) >= 11 is 5.96. The highest BCUT2D eigenvalue weighted by Crippen LogP contribution is 2.32. The van der Waals surface area contributed by atoms with Crippen molar-refractivity contribution >= 4 is 11.6 Å². The predicted octanol–water partition coefficient (Wildman–Crippen LogP) is 4.61. The lowest BCUT2D eigenvalue weighted by molar-refractivity contribution is 0.443. The molecule has 2 rings (SSSR count). The highest BCUT2D eigenvalue weighted by Gasteiger charge is 2.18. The molecule has 100 valence electrons. The van der Waals surface area contributed by atoms with Crippen LogP contribution in [0.5, 0.6) is 0 Å². The van der Waals surface area contributed by atoms with Crippen molar-refractivity contribution in [3.63, 3.8) is 0 Å². The molecular weight excluding hydrogens is 242 g/mol. The normalized spacial score (nSPS) is 18.1. The van der Waals surface area contributed by atoms with Crippen LogP contribution in [0.1, 0.15) is 50.0 Å². The second kappa shape index (κ2) is 7.16. The van der Waals surface area contributed by atoms with Crippen molar-refractivity contribution in [1.82, 2.24) is 5.32 Å². The monoisotopic (exact) mass is 265 g/mol. The van der Waals surface area contributed by atoms with E-state index >= 15 is 0 Å². The summed E-state index contributed by atoms with van der Waals surface area (Å²) in [6, 6.07) is 8.38. The molecule has 1 atom stereocenters. The molecular formula is C16H24ClN. The summed E-state index contributed by atoms with van der Waals surface area (Å²) in [5.41, 5.74) is 1.42. The average Bonchev–Trinajstić information content (AvgIpc) is 2.89. The number of likely N-dealkylation sites (N-methyl/N-ethyl adjacent to an activating group) is 1. The van der Waals surface area contributed by atoms with Gasteiger partial charge < -0.3 is 5.32 Å². The lowest BCUT2D eigenvalue weighted by Crippen LogP contribution is -2.18. The first-order chi connectivity index (χ1) is 8.79. The molecule has 1 aromatic rings. The van der Waals surface area contributed by atoms with Crippen molar-refractivity contribution in [2.45, 2.75) is 44.4 Å². The van der Waals surface area contributed by atoms with Gasteiger partial charge in [-0.1, -0.05) is 49.4 Å². The van der Waals surface area contributed by atoms with Crippen LogP contribution in [-0.2, 0) is 0 Å². The minimum absolute atomic E-state index is 0.632. The molecule has 0 spiro atoms. The van der Waals surface area contributed by atoms with Crippen LogP contribution in [0.25, 0.3) is 0 Å². The van der Waals surface area contributed by atoms with Crippen molar-refractivity contribution in [3.8, 4) is 0 Å². The quantitative estimate of drug-likeness (QED) is 0.792. The summed E-state index contributed by atoms with van der Waals surface area (Å²) in [6.07, 6.45) is 8.48. The second-order valence-corrected chi connectivity index (χ2v) is 5.97. The third kappa shape index (κ3) is 4.00. The maximum atomic E-state index is 5.96. The molecule has 0 aliphatic heterocycles. The Morgan fingerprint density at radius 1 is 1.22 bits per heavy atom. The summed E-state index contributed by atoms with van der Waals surface area (Å²) in [5, 5.41) is 4.15. The fourth-order valence-electron chi connectivity index (χ4n) is 3.10. The smallest absolute Gasteiger partial charge is 0.0406 e. The van der Waals surface area contributed by atoms with Gasteiger partial charge in [0, 0.05) is 11.6 Å². The number of halogens is 1. The Kier molecular flexibility index (Phi) is 5.52. The lowest BCUT2D eigenvalue weighted by Gasteiger charge is -2.19. The zero-order valence-corrected chi connectivity index (χ0v) is 12.0. The van der Waals surface area contributed by atoms with Crippen molar-refractivity contribution in [2.24, 2.45) is 5.92 Å². The molecule has 1 N–H and O–H groups in total. The average molecular weight is 266 g/mol. The zero-order valence-electron chi connectivity index (χ0n) is 11.3. The van der Waals surface area contributed by atoms with E-state index in [9.17, 15) is 0 Å². The molecule has 1 aliphatic carbocycles. The van der Waals surface area contributed by atoms with Crippen molar-refractivity contribution in [2.75, 3.05) is 13.6 Å². The summed E-state index contributed by atoms with van der Waals surface area (Å²) < 4.78 is 0. The fraction of sp³-hybridized carbons (Fsp3) is 0.625. The highest BCUT2D eigenvalue weighted by molar-refractivity contribution is 6.30. The lowest BCUT2D eigenvalue weighted by atomic mass is 9.89. The van der Waals surface area contributed by atoms with E-state index in [-0.39, 0.29) is 0 Å². The van der Waals surface area contributed by atoms with E-state index in [1.807, 2.05) is 19.2 Å². The van der Waals surface area contributed by atoms with Gasteiger partial charge in [-0.2, -0.15) is 0 Å². The first-order valence-corrected chi connectivity index (χ1v) is 7.57. The van der Waals surface area contributed by atoms with Crippen molar-refractivity contribution < 1.29 is 0 Å². The molecule has 0 heterocycles. The molecule has 0 amide bonds. The van der Waals surface area contributed by atoms with Gasteiger partial charge in [0.05, 0.1) is 0 Å². The third-order valence-electron chi connectivity index (χ3n) is 4.19. The van der Waals surface area contributed by atoms with E-state index in [4.69, 9.17) is 11.6 Å². The molecule has 18 heavy (non-hydrogen) atoms. The minimum Gasteiger partial charge on any atom is -0.319 e. The van der Waals surface area contributed by atoms with Gasteiger partial charge in [0.15, 0.2) is 0 Å². The highest BCUT2D eigenvalue weighted by atomic mass is 35.5. The van der Waals surface area contributed by atoms with Gasteiger partial charge in [-0.15, -0.1) is 0 Å². The predicted molar refractivity (Wildman–Crippen MR) is 79.3 cm³/mol. The summed E-state index contributed by atoms with van der Waals surface area (Å²) in [6.45, 7) is 1.06. The first-order valence-electron chi connectivity index (χ1n) is 7.19. The molecule has 1 fully saturated rings. The molecule has 0 saturated heterocycles. The molecule has 0 aromatic heterocycles. The third-order valence-corrected chi connectivity index (χ3v) is 4.44. The van der Waals surface area contributed by atoms with Crippen LogP contribution in [0.3, 0.4) is 0 Å². The van der Waals surface area contributed by atoms with Gasteiger partial charge in [0.1, 0.15) is 0 Å². The number of nitrogens with one attached hydrogen (secondary N) is 1. The van der Waals surface area contributed by atoms with E-state index in [1.165, 1.54) is 44.1 Å². The van der Waals surface area contributed by atoms with Gasteiger partial charge in [-0.05, 0) is 49.4 Å². The molecule has 0 radical (unpaired) electrons. The van der Waals surface area contributed by atoms with Crippen LogP contribution in [-0.4, -0.2) is 13.6 Å². The topological polar surface area (TPSA) is 12.0 Å². The minimum atomic E-state index is 0.632. The second-order valence-electron chi connectivity index (χ2n) is 5.53. The van der Waals surface area contributed by atoms with E-state index < -0.39 is 0 Å². The van der Waals surface area contributed by atoms with Crippen LogP contribution in [0.4, 0.5) is 0 Å². The van der Waals surface area contributed by atoms with Gasteiger partial charge >= 0.3 is 0 Å². The Morgan fingerprint density at radius 2 is 1.89 bits per heavy atom. The summed E-state index contributed by atoms with van der Waals surface area (Å²) in [5.74, 6) is 1.62.